The third-order valence-electron chi connectivity index (χ3n) is 4.65. The monoisotopic (exact) mass is 367 g/mol. The molecule has 0 N–H and O–H groups in total. The Labute approximate surface area is 151 Å². The third kappa shape index (κ3) is 5.26. The van der Waals surface area contributed by atoms with Crippen molar-refractivity contribution in [2.45, 2.75) is 32.6 Å². The molecule has 0 bridgehead atoms. The summed E-state index contributed by atoms with van der Waals surface area (Å²) in [5.41, 5.74) is 2.46. The molecule has 0 saturated carbocycles. The Morgan fingerprint density at radius 1 is 1.04 bits per heavy atom. The van der Waals surface area contributed by atoms with Crippen LogP contribution in [0.25, 0.3) is 0 Å². The standard InChI is InChI=1S/C18H29N3O3S/c1-4-16-6-8-17(9-7-16)10-11-18(22)20-12-5-13-21(15-14-20)25(23,24)19(2)3/h6-9H,4-5,10-15H2,1-3H3. The minimum Gasteiger partial charge on any atom is -0.341 e. The minimum atomic E-state index is -3.41. The lowest BCUT2D eigenvalue weighted by molar-refractivity contribution is -0.131. The van der Waals surface area contributed by atoms with Gasteiger partial charge in [0.2, 0.25) is 5.91 Å². The molecule has 0 aliphatic carbocycles. The highest BCUT2D eigenvalue weighted by atomic mass is 32.2. The van der Waals surface area contributed by atoms with E-state index < -0.39 is 10.2 Å². The molecule has 1 aromatic rings. The molecule has 0 radical (unpaired) electrons. The molecule has 2 rings (SSSR count). The van der Waals surface area contributed by atoms with E-state index in [0.717, 1.165) is 18.4 Å². The molecule has 1 saturated heterocycles. The van der Waals surface area contributed by atoms with Gasteiger partial charge >= 0.3 is 0 Å². The first-order chi connectivity index (χ1) is 11.8. The van der Waals surface area contributed by atoms with Gasteiger partial charge in [0, 0.05) is 46.7 Å². The predicted octanol–water partition coefficient (Wildman–Crippen LogP) is 1.52. The highest BCUT2D eigenvalue weighted by molar-refractivity contribution is 7.86. The van der Waals surface area contributed by atoms with Crippen molar-refractivity contribution in [3.63, 3.8) is 0 Å². The molecule has 0 unspecified atom stereocenters. The summed E-state index contributed by atoms with van der Waals surface area (Å²) in [4.78, 5) is 14.3. The van der Waals surface area contributed by atoms with Crippen molar-refractivity contribution < 1.29 is 13.2 Å². The van der Waals surface area contributed by atoms with Crippen LogP contribution < -0.4 is 0 Å². The Balaban J connectivity index is 1.88. The van der Waals surface area contributed by atoms with Crippen LogP contribution in [0.3, 0.4) is 0 Å². The molecular formula is C18H29N3O3S. The van der Waals surface area contributed by atoms with E-state index in [2.05, 4.69) is 31.2 Å². The van der Waals surface area contributed by atoms with Crippen LogP contribution in [-0.2, 0) is 27.8 Å². The Hall–Kier alpha value is -1.44. The van der Waals surface area contributed by atoms with Crippen LogP contribution in [0.4, 0.5) is 0 Å². The summed E-state index contributed by atoms with van der Waals surface area (Å²) in [6, 6.07) is 8.38. The molecule has 0 atom stereocenters. The van der Waals surface area contributed by atoms with Crippen LogP contribution in [0.2, 0.25) is 0 Å². The van der Waals surface area contributed by atoms with Crippen molar-refractivity contribution in [1.29, 1.82) is 0 Å². The number of amides is 1. The van der Waals surface area contributed by atoms with Gasteiger partial charge in [0.25, 0.3) is 10.2 Å². The minimum absolute atomic E-state index is 0.101. The number of carbonyl (C=O) groups excluding carboxylic acids is 1. The highest BCUT2D eigenvalue weighted by Gasteiger charge is 2.28. The van der Waals surface area contributed by atoms with Gasteiger partial charge in [-0.25, -0.2) is 0 Å². The van der Waals surface area contributed by atoms with Crippen molar-refractivity contribution in [1.82, 2.24) is 13.5 Å². The van der Waals surface area contributed by atoms with Gasteiger partial charge in [-0.1, -0.05) is 31.2 Å². The zero-order chi connectivity index (χ0) is 18.4. The summed E-state index contributed by atoms with van der Waals surface area (Å²) in [7, 11) is -0.336. The molecule has 25 heavy (non-hydrogen) atoms. The zero-order valence-electron chi connectivity index (χ0n) is 15.4. The second-order valence-corrected chi connectivity index (χ2v) is 8.74. The van der Waals surface area contributed by atoms with Gasteiger partial charge in [0.1, 0.15) is 0 Å². The summed E-state index contributed by atoms with van der Waals surface area (Å²) >= 11 is 0. The van der Waals surface area contributed by atoms with Crippen LogP contribution in [0.5, 0.6) is 0 Å². The Morgan fingerprint density at radius 2 is 1.68 bits per heavy atom. The molecule has 1 aliphatic heterocycles. The van der Waals surface area contributed by atoms with E-state index in [4.69, 9.17) is 0 Å². The molecular weight excluding hydrogens is 338 g/mol. The van der Waals surface area contributed by atoms with Gasteiger partial charge in [-0.2, -0.15) is 17.0 Å². The quantitative estimate of drug-likeness (QED) is 0.766. The molecule has 1 heterocycles. The van der Waals surface area contributed by atoms with E-state index in [-0.39, 0.29) is 5.91 Å². The van der Waals surface area contributed by atoms with Crippen LogP contribution in [-0.4, -0.2) is 68.1 Å². The van der Waals surface area contributed by atoms with Gasteiger partial charge < -0.3 is 4.90 Å². The Bertz CT molecular complexity index is 671. The smallest absolute Gasteiger partial charge is 0.281 e. The van der Waals surface area contributed by atoms with E-state index in [9.17, 15) is 13.2 Å². The van der Waals surface area contributed by atoms with E-state index >= 15 is 0 Å². The lowest BCUT2D eigenvalue weighted by Gasteiger charge is -2.24. The number of hydrogen-bond acceptors (Lipinski definition) is 3. The van der Waals surface area contributed by atoms with Gasteiger partial charge in [-0.3, -0.25) is 4.79 Å². The molecule has 1 fully saturated rings. The predicted molar refractivity (Wildman–Crippen MR) is 99.5 cm³/mol. The van der Waals surface area contributed by atoms with Crippen molar-refractivity contribution >= 4 is 16.1 Å². The van der Waals surface area contributed by atoms with E-state index in [0.29, 0.717) is 39.0 Å². The van der Waals surface area contributed by atoms with Gasteiger partial charge in [-0.15, -0.1) is 0 Å². The molecule has 0 aromatic heterocycles. The van der Waals surface area contributed by atoms with E-state index in [1.807, 2.05) is 0 Å². The van der Waals surface area contributed by atoms with Crippen LogP contribution >= 0.6 is 0 Å². The van der Waals surface area contributed by atoms with Crippen LogP contribution in [0.1, 0.15) is 30.9 Å². The van der Waals surface area contributed by atoms with Crippen LogP contribution in [0, 0.1) is 0 Å². The summed E-state index contributed by atoms with van der Waals surface area (Å²) in [6.45, 7) is 4.02. The SMILES string of the molecule is CCc1ccc(CCC(=O)N2CCCN(S(=O)(=O)N(C)C)CC2)cc1. The van der Waals surface area contributed by atoms with E-state index in [1.54, 1.807) is 4.90 Å². The number of aryl methyl sites for hydroxylation is 2. The molecule has 0 spiro atoms. The topological polar surface area (TPSA) is 60.9 Å². The molecule has 7 heteroatoms. The number of nitrogens with zero attached hydrogens (tertiary/aromatic N) is 3. The molecule has 1 aliphatic rings. The van der Waals surface area contributed by atoms with Gasteiger partial charge in [0.05, 0.1) is 0 Å². The number of carbonyl (C=O) groups is 1. The number of hydrogen-bond donors (Lipinski definition) is 0. The second kappa shape index (κ2) is 8.78. The average Bonchev–Trinajstić information content (AvgIpc) is 2.86. The normalized spacial score (nSPS) is 16.9. The molecule has 6 nitrogen and oxygen atoms in total. The lowest BCUT2D eigenvalue weighted by Crippen LogP contribution is -2.42. The maximum absolute atomic E-state index is 12.5. The molecule has 140 valence electrons. The summed E-state index contributed by atoms with van der Waals surface area (Å²) in [5.74, 6) is 0.101. The van der Waals surface area contributed by atoms with Gasteiger partial charge in [-0.05, 0) is 30.4 Å². The van der Waals surface area contributed by atoms with Crippen molar-refractivity contribution in [2.75, 3.05) is 40.3 Å². The first kappa shape index (κ1) is 19.9. The summed E-state index contributed by atoms with van der Waals surface area (Å²) < 4.78 is 27.1. The van der Waals surface area contributed by atoms with Gasteiger partial charge in [0.15, 0.2) is 0 Å². The maximum atomic E-state index is 12.5. The maximum Gasteiger partial charge on any atom is 0.281 e. The fourth-order valence-electron chi connectivity index (χ4n) is 2.96. The van der Waals surface area contributed by atoms with Crippen LogP contribution in [0.15, 0.2) is 24.3 Å². The molecule has 1 amide bonds. The Kier molecular flexibility index (Phi) is 6.98. The fourth-order valence-corrected chi connectivity index (χ4v) is 4.09. The fraction of sp³-hybridized carbons (Fsp3) is 0.611. The van der Waals surface area contributed by atoms with Crippen molar-refractivity contribution in [3.05, 3.63) is 35.4 Å². The third-order valence-corrected chi connectivity index (χ3v) is 6.59. The first-order valence-electron chi connectivity index (χ1n) is 8.87. The average molecular weight is 368 g/mol. The molecule has 1 aromatic carbocycles. The summed E-state index contributed by atoms with van der Waals surface area (Å²) in [6.07, 6.45) is 2.87. The van der Waals surface area contributed by atoms with Crippen molar-refractivity contribution in [3.8, 4) is 0 Å². The van der Waals surface area contributed by atoms with Crippen molar-refractivity contribution in [2.24, 2.45) is 0 Å². The zero-order valence-corrected chi connectivity index (χ0v) is 16.3. The Morgan fingerprint density at radius 3 is 2.28 bits per heavy atom. The van der Waals surface area contributed by atoms with E-state index in [1.165, 1.54) is 28.3 Å². The largest absolute Gasteiger partial charge is 0.341 e. The number of rotatable bonds is 6. The first-order valence-corrected chi connectivity index (χ1v) is 10.3. The second-order valence-electron chi connectivity index (χ2n) is 6.59. The lowest BCUT2D eigenvalue weighted by atomic mass is 10.1. The highest BCUT2D eigenvalue weighted by Crippen LogP contribution is 2.13. The number of benzene rings is 1. The summed E-state index contributed by atoms with van der Waals surface area (Å²) in [5, 5.41) is 0.